The van der Waals surface area contributed by atoms with Crippen LogP contribution >= 0.6 is 0 Å². The molecule has 0 radical (unpaired) electrons. The molecule has 1 saturated carbocycles. The van der Waals surface area contributed by atoms with E-state index in [-0.39, 0.29) is 19.3 Å². The van der Waals surface area contributed by atoms with E-state index < -0.39 is 36.7 Å². The Hall–Kier alpha value is -0.500. The van der Waals surface area contributed by atoms with Crippen LogP contribution in [-0.2, 0) is 0 Å². The Balaban J connectivity index is 2.56. The first-order chi connectivity index (χ1) is 8.63. The minimum absolute atomic E-state index is 0.0521. The average Bonchev–Trinajstić information content (AvgIpc) is 2.27. The normalized spacial score (nSPS) is 27.3. The van der Waals surface area contributed by atoms with Crippen molar-refractivity contribution in [3.8, 4) is 0 Å². The van der Waals surface area contributed by atoms with Crippen LogP contribution in [0.2, 0.25) is 0 Å². The fourth-order valence-corrected chi connectivity index (χ4v) is 2.66. The van der Waals surface area contributed by atoms with E-state index in [4.69, 9.17) is 5.84 Å². The Morgan fingerprint density at radius 3 is 2.21 bits per heavy atom. The van der Waals surface area contributed by atoms with Crippen molar-refractivity contribution in [1.29, 1.82) is 0 Å². The second-order valence-corrected chi connectivity index (χ2v) is 5.09. The molecule has 8 heteroatoms. The Bertz CT molecular complexity index is 275. The lowest BCUT2D eigenvalue weighted by Crippen LogP contribution is -2.44. The smallest absolute Gasteiger partial charge is 0.271 e. The van der Waals surface area contributed by atoms with Crippen LogP contribution in [0.1, 0.15) is 38.5 Å². The first kappa shape index (κ1) is 16.6. The zero-order chi connectivity index (χ0) is 14.7. The van der Waals surface area contributed by atoms with Crippen LogP contribution in [-0.4, -0.2) is 18.4 Å². The number of hydrazine groups is 1. The topological polar surface area (TPSA) is 38.0 Å². The summed E-state index contributed by atoms with van der Waals surface area (Å²) in [5, 5.41) is 0. The highest BCUT2D eigenvalue weighted by atomic mass is 19.4. The van der Waals surface area contributed by atoms with Crippen molar-refractivity contribution < 1.29 is 26.3 Å². The summed E-state index contributed by atoms with van der Waals surface area (Å²) in [5.74, 6) is 3.31. The third-order valence-corrected chi connectivity index (χ3v) is 3.70. The van der Waals surface area contributed by atoms with Crippen molar-refractivity contribution in [1.82, 2.24) is 5.43 Å². The maximum Gasteiger partial charge on any atom is 0.391 e. The zero-order valence-electron chi connectivity index (χ0n) is 10.3. The van der Waals surface area contributed by atoms with Gasteiger partial charge in [-0.3, -0.25) is 11.3 Å². The maximum atomic E-state index is 12.6. The molecule has 0 aromatic rings. The molecule has 0 saturated heterocycles. The van der Waals surface area contributed by atoms with E-state index in [2.05, 4.69) is 5.43 Å². The lowest BCUT2D eigenvalue weighted by Gasteiger charge is -2.35. The molecule has 0 aliphatic heterocycles. The molecule has 3 atom stereocenters. The highest BCUT2D eigenvalue weighted by Crippen LogP contribution is 2.41. The summed E-state index contributed by atoms with van der Waals surface area (Å²) < 4.78 is 74.3. The standard InChI is InChI=1S/C11H18F6N2/c12-10(13,14)5-4-9(19-18)7-2-1-3-8(6-7)11(15,16)17/h7-9,19H,1-6,18H2. The van der Waals surface area contributed by atoms with E-state index in [1.54, 1.807) is 0 Å². The molecule has 3 unspecified atom stereocenters. The van der Waals surface area contributed by atoms with Crippen LogP contribution in [0.4, 0.5) is 26.3 Å². The number of nitrogens with two attached hydrogens (primary N) is 1. The molecular weight excluding hydrogens is 274 g/mol. The second kappa shape index (κ2) is 6.30. The van der Waals surface area contributed by atoms with Crippen molar-refractivity contribution in [2.24, 2.45) is 17.7 Å². The van der Waals surface area contributed by atoms with E-state index in [1.165, 1.54) is 0 Å². The molecule has 0 heterocycles. The lowest BCUT2D eigenvalue weighted by molar-refractivity contribution is -0.187. The summed E-state index contributed by atoms with van der Waals surface area (Å²) in [4.78, 5) is 0. The summed E-state index contributed by atoms with van der Waals surface area (Å²) in [5.41, 5.74) is 2.25. The van der Waals surface area contributed by atoms with Gasteiger partial charge in [-0.15, -0.1) is 0 Å². The lowest BCUT2D eigenvalue weighted by atomic mass is 9.76. The molecule has 19 heavy (non-hydrogen) atoms. The second-order valence-electron chi connectivity index (χ2n) is 5.09. The molecule has 3 N–H and O–H groups in total. The fraction of sp³-hybridized carbons (Fsp3) is 1.00. The molecule has 114 valence electrons. The molecule has 0 aromatic heterocycles. The molecule has 1 rings (SSSR count). The Morgan fingerprint density at radius 1 is 1.11 bits per heavy atom. The Morgan fingerprint density at radius 2 is 1.74 bits per heavy atom. The molecule has 2 nitrogen and oxygen atoms in total. The molecule has 0 amide bonds. The van der Waals surface area contributed by atoms with Gasteiger partial charge in [0.15, 0.2) is 0 Å². The predicted octanol–water partition coefficient (Wildman–Crippen LogP) is 3.53. The molecule has 1 fully saturated rings. The number of hydrogen-bond acceptors (Lipinski definition) is 2. The van der Waals surface area contributed by atoms with Gasteiger partial charge >= 0.3 is 12.4 Å². The van der Waals surface area contributed by atoms with Crippen LogP contribution in [0.5, 0.6) is 0 Å². The van der Waals surface area contributed by atoms with Crippen LogP contribution < -0.4 is 11.3 Å². The molecule has 1 aliphatic rings. The van der Waals surface area contributed by atoms with Crippen molar-refractivity contribution in [2.75, 3.05) is 0 Å². The first-order valence-electron chi connectivity index (χ1n) is 6.23. The summed E-state index contributed by atoms with van der Waals surface area (Å²) in [7, 11) is 0. The summed E-state index contributed by atoms with van der Waals surface area (Å²) in [6, 6.07) is -0.716. The number of hydrogen-bond donors (Lipinski definition) is 2. The van der Waals surface area contributed by atoms with Crippen molar-refractivity contribution in [2.45, 2.75) is 56.9 Å². The predicted molar refractivity (Wildman–Crippen MR) is 57.9 cm³/mol. The number of rotatable bonds is 4. The molecular formula is C11H18F6N2. The average molecular weight is 292 g/mol. The summed E-state index contributed by atoms with van der Waals surface area (Å²) >= 11 is 0. The molecule has 1 aliphatic carbocycles. The monoisotopic (exact) mass is 292 g/mol. The number of halogens is 6. The van der Waals surface area contributed by atoms with Gasteiger partial charge in [-0.05, 0) is 31.6 Å². The SMILES string of the molecule is NNC(CCC(F)(F)F)C1CCCC(C(F)(F)F)C1. The van der Waals surface area contributed by atoms with Gasteiger partial charge in [0, 0.05) is 12.5 Å². The fourth-order valence-electron chi connectivity index (χ4n) is 2.66. The van der Waals surface area contributed by atoms with Crippen molar-refractivity contribution in [3.63, 3.8) is 0 Å². The van der Waals surface area contributed by atoms with E-state index >= 15 is 0 Å². The van der Waals surface area contributed by atoms with Crippen molar-refractivity contribution >= 4 is 0 Å². The van der Waals surface area contributed by atoms with Gasteiger partial charge in [0.1, 0.15) is 0 Å². The third kappa shape index (κ3) is 5.56. The number of alkyl halides is 6. The van der Waals surface area contributed by atoms with Crippen LogP contribution in [0, 0.1) is 11.8 Å². The van der Waals surface area contributed by atoms with Crippen LogP contribution in [0.15, 0.2) is 0 Å². The minimum Gasteiger partial charge on any atom is -0.271 e. The van der Waals surface area contributed by atoms with Crippen molar-refractivity contribution in [3.05, 3.63) is 0 Å². The van der Waals surface area contributed by atoms with Gasteiger partial charge in [0.25, 0.3) is 0 Å². The van der Waals surface area contributed by atoms with Crippen LogP contribution in [0.25, 0.3) is 0 Å². The van der Waals surface area contributed by atoms with E-state index in [0.29, 0.717) is 12.8 Å². The maximum absolute atomic E-state index is 12.6. The third-order valence-electron chi connectivity index (χ3n) is 3.70. The van der Waals surface area contributed by atoms with E-state index in [1.807, 2.05) is 0 Å². The first-order valence-corrected chi connectivity index (χ1v) is 6.23. The Labute approximate surface area is 107 Å². The van der Waals surface area contributed by atoms with Gasteiger partial charge in [0.05, 0.1) is 5.92 Å². The molecule has 0 bridgehead atoms. The highest BCUT2D eigenvalue weighted by Gasteiger charge is 2.43. The van der Waals surface area contributed by atoms with Gasteiger partial charge < -0.3 is 0 Å². The Kier molecular flexibility index (Phi) is 5.49. The molecule has 0 aromatic carbocycles. The minimum atomic E-state index is -4.31. The summed E-state index contributed by atoms with van der Waals surface area (Å²) in [6.45, 7) is 0. The molecule has 0 spiro atoms. The van der Waals surface area contributed by atoms with E-state index in [9.17, 15) is 26.3 Å². The van der Waals surface area contributed by atoms with Crippen LogP contribution in [0.3, 0.4) is 0 Å². The number of nitrogens with one attached hydrogen (secondary N) is 1. The quantitative estimate of drug-likeness (QED) is 0.472. The van der Waals surface area contributed by atoms with Gasteiger partial charge in [-0.2, -0.15) is 26.3 Å². The van der Waals surface area contributed by atoms with E-state index in [0.717, 1.165) is 0 Å². The highest BCUT2D eigenvalue weighted by molar-refractivity contribution is 4.84. The zero-order valence-corrected chi connectivity index (χ0v) is 10.3. The van der Waals surface area contributed by atoms with Gasteiger partial charge in [-0.25, -0.2) is 0 Å². The largest absolute Gasteiger partial charge is 0.391 e. The summed E-state index contributed by atoms with van der Waals surface area (Å²) in [6.07, 6.45) is -9.13. The van der Waals surface area contributed by atoms with Gasteiger partial charge in [0.2, 0.25) is 0 Å². The van der Waals surface area contributed by atoms with Gasteiger partial charge in [-0.1, -0.05) is 6.42 Å².